The molecule has 1 heterocycles. The fraction of sp³-hybridized carbons (Fsp3) is 0.583. The molecule has 0 radical (unpaired) electrons. The normalized spacial score (nSPS) is 33.2. The van der Waals surface area contributed by atoms with Crippen LogP contribution in [-0.4, -0.2) is 11.1 Å². The zero-order valence-corrected chi connectivity index (χ0v) is 17.1. The molecule has 0 spiro atoms. The van der Waals surface area contributed by atoms with Crippen LogP contribution in [0.15, 0.2) is 28.8 Å². The number of benzene rings is 1. The lowest BCUT2D eigenvalue weighted by Crippen LogP contribution is -2.57. The van der Waals surface area contributed by atoms with Crippen LogP contribution in [0, 0.1) is 38.0 Å². The number of carbonyl (C=O) groups is 1. The molecule has 0 N–H and O–H groups in total. The molecular weight excluding hydrogens is 350 g/mol. The highest BCUT2D eigenvalue weighted by Gasteiger charge is 2.61. The molecule has 0 saturated heterocycles. The third-order valence-electron chi connectivity index (χ3n) is 7.69. The summed E-state index contributed by atoms with van der Waals surface area (Å²) in [6.07, 6.45) is 6.68. The molecule has 0 aliphatic heterocycles. The molecule has 4 aliphatic carbocycles. The molecule has 28 heavy (non-hydrogen) atoms. The molecule has 2 unspecified atom stereocenters. The molecule has 4 heteroatoms. The van der Waals surface area contributed by atoms with Crippen LogP contribution in [0.3, 0.4) is 0 Å². The summed E-state index contributed by atoms with van der Waals surface area (Å²) in [5, 5.41) is 3.98. The van der Waals surface area contributed by atoms with Crippen molar-refractivity contribution in [1.29, 1.82) is 0 Å². The van der Waals surface area contributed by atoms with E-state index in [1.807, 2.05) is 13.8 Å². The van der Waals surface area contributed by atoms with Crippen LogP contribution in [0.1, 0.15) is 66.7 Å². The first-order chi connectivity index (χ1) is 13.4. The lowest BCUT2D eigenvalue weighted by Gasteiger charge is -2.61. The summed E-state index contributed by atoms with van der Waals surface area (Å²) in [6.45, 7) is 6.18. The van der Waals surface area contributed by atoms with E-state index in [4.69, 9.17) is 9.26 Å². The predicted molar refractivity (Wildman–Crippen MR) is 106 cm³/mol. The molecule has 148 valence electrons. The Bertz CT molecular complexity index is 877. The van der Waals surface area contributed by atoms with Crippen LogP contribution in [-0.2, 0) is 21.6 Å². The average molecular weight is 380 g/mol. The Kier molecular flexibility index (Phi) is 3.98. The van der Waals surface area contributed by atoms with E-state index in [0.29, 0.717) is 11.8 Å². The Morgan fingerprint density at radius 3 is 2.39 bits per heavy atom. The Hall–Kier alpha value is -2.10. The van der Waals surface area contributed by atoms with Gasteiger partial charge in [-0.05, 0) is 82.1 Å². The maximum atomic E-state index is 13.4. The SMILES string of the molecule is Cc1ccc(C23CC4CC(CC(C(=O)OCc5c(C)noc5C)(C4)C2)C3)cc1. The minimum Gasteiger partial charge on any atom is -0.460 e. The number of rotatable bonds is 4. The highest BCUT2D eigenvalue weighted by molar-refractivity contribution is 5.78. The zero-order chi connectivity index (χ0) is 19.5. The van der Waals surface area contributed by atoms with Crippen molar-refractivity contribution in [3.05, 3.63) is 52.4 Å². The van der Waals surface area contributed by atoms with Gasteiger partial charge in [-0.25, -0.2) is 0 Å². The molecule has 0 amide bonds. The van der Waals surface area contributed by atoms with E-state index in [9.17, 15) is 4.79 Å². The maximum Gasteiger partial charge on any atom is 0.312 e. The van der Waals surface area contributed by atoms with Gasteiger partial charge in [-0.2, -0.15) is 0 Å². The van der Waals surface area contributed by atoms with Crippen molar-refractivity contribution >= 4 is 5.97 Å². The lowest BCUT2D eigenvalue weighted by atomic mass is 9.43. The number of hydrogen-bond acceptors (Lipinski definition) is 4. The highest BCUT2D eigenvalue weighted by atomic mass is 16.5. The van der Waals surface area contributed by atoms with Gasteiger partial charge in [-0.15, -0.1) is 0 Å². The van der Waals surface area contributed by atoms with E-state index in [-0.39, 0.29) is 23.4 Å². The van der Waals surface area contributed by atoms with E-state index >= 15 is 0 Å². The molecule has 4 saturated carbocycles. The van der Waals surface area contributed by atoms with Crippen LogP contribution >= 0.6 is 0 Å². The summed E-state index contributed by atoms with van der Waals surface area (Å²) in [4.78, 5) is 13.4. The predicted octanol–water partition coefficient (Wildman–Crippen LogP) is 5.18. The Morgan fingerprint density at radius 1 is 1.11 bits per heavy atom. The maximum absolute atomic E-state index is 13.4. The van der Waals surface area contributed by atoms with Crippen molar-refractivity contribution in [1.82, 2.24) is 5.16 Å². The van der Waals surface area contributed by atoms with E-state index in [2.05, 4.69) is 36.3 Å². The Morgan fingerprint density at radius 2 is 1.79 bits per heavy atom. The van der Waals surface area contributed by atoms with Crippen LogP contribution < -0.4 is 0 Å². The van der Waals surface area contributed by atoms with Gasteiger partial charge >= 0.3 is 5.97 Å². The number of carbonyl (C=O) groups excluding carboxylic acids is 1. The zero-order valence-electron chi connectivity index (χ0n) is 17.1. The van der Waals surface area contributed by atoms with Crippen LogP contribution in [0.25, 0.3) is 0 Å². The second-order valence-electron chi connectivity index (χ2n) is 9.77. The molecule has 2 aromatic rings. The summed E-state index contributed by atoms with van der Waals surface area (Å²) < 4.78 is 11.1. The molecule has 6 rings (SSSR count). The van der Waals surface area contributed by atoms with Gasteiger partial charge in [0.25, 0.3) is 0 Å². The molecule has 4 fully saturated rings. The van der Waals surface area contributed by atoms with Crippen molar-refractivity contribution < 1.29 is 14.1 Å². The summed E-state index contributed by atoms with van der Waals surface area (Å²) >= 11 is 0. The molecule has 2 atom stereocenters. The van der Waals surface area contributed by atoms with Crippen molar-refractivity contribution in [3.63, 3.8) is 0 Å². The minimum atomic E-state index is -0.312. The third kappa shape index (κ3) is 2.72. The van der Waals surface area contributed by atoms with Crippen molar-refractivity contribution in [2.45, 2.75) is 71.3 Å². The highest BCUT2D eigenvalue weighted by Crippen LogP contribution is 2.66. The fourth-order valence-electron chi connectivity index (χ4n) is 6.74. The van der Waals surface area contributed by atoms with Gasteiger partial charge in [0.15, 0.2) is 0 Å². The standard InChI is InChI=1S/C24H29NO3/c1-15-4-6-20(7-5-15)23-9-18-8-19(10-23)12-24(11-18,14-23)22(26)27-13-21-16(2)25-28-17(21)3/h4-7,18-19H,8-14H2,1-3H3. The van der Waals surface area contributed by atoms with Gasteiger partial charge in [0.2, 0.25) is 0 Å². The molecule has 4 nitrogen and oxygen atoms in total. The van der Waals surface area contributed by atoms with Crippen LogP contribution in [0.5, 0.6) is 0 Å². The van der Waals surface area contributed by atoms with Gasteiger partial charge in [0.1, 0.15) is 12.4 Å². The van der Waals surface area contributed by atoms with E-state index in [1.54, 1.807) is 0 Å². The number of nitrogens with zero attached hydrogens (tertiary/aromatic N) is 1. The summed E-state index contributed by atoms with van der Waals surface area (Å²) in [6, 6.07) is 9.03. The fourth-order valence-corrected chi connectivity index (χ4v) is 6.74. The second kappa shape index (κ2) is 6.20. The number of aryl methyl sites for hydroxylation is 3. The monoisotopic (exact) mass is 379 g/mol. The quantitative estimate of drug-likeness (QED) is 0.687. The smallest absolute Gasteiger partial charge is 0.312 e. The first-order valence-electron chi connectivity index (χ1n) is 10.6. The van der Waals surface area contributed by atoms with E-state index in [0.717, 1.165) is 36.3 Å². The summed E-state index contributed by atoms with van der Waals surface area (Å²) in [5.74, 6) is 2.04. The molecule has 1 aromatic carbocycles. The van der Waals surface area contributed by atoms with Gasteiger partial charge in [0.05, 0.1) is 16.7 Å². The Balaban J connectivity index is 1.41. The van der Waals surface area contributed by atoms with Gasteiger partial charge in [0, 0.05) is 0 Å². The van der Waals surface area contributed by atoms with Crippen molar-refractivity contribution in [3.8, 4) is 0 Å². The number of ether oxygens (including phenoxy) is 1. The van der Waals surface area contributed by atoms with E-state index < -0.39 is 0 Å². The van der Waals surface area contributed by atoms with Crippen LogP contribution in [0.2, 0.25) is 0 Å². The molecule has 4 bridgehead atoms. The third-order valence-corrected chi connectivity index (χ3v) is 7.69. The second-order valence-corrected chi connectivity index (χ2v) is 9.77. The van der Waals surface area contributed by atoms with Crippen molar-refractivity contribution in [2.24, 2.45) is 17.3 Å². The summed E-state index contributed by atoms with van der Waals surface area (Å²) in [7, 11) is 0. The Labute approximate surface area is 166 Å². The molecular formula is C24H29NO3. The van der Waals surface area contributed by atoms with E-state index in [1.165, 1.54) is 30.4 Å². The molecule has 1 aromatic heterocycles. The first-order valence-corrected chi connectivity index (χ1v) is 10.6. The topological polar surface area (TPSA) is 52.3 Å². The average Bonchev–Trinajstić information content (AvgIpc) is 2.97. The van der Waals surface area contributed by atoms with Crippen LogP contribution in [0.4, 0.5) is 0 Å². The first kappa shape index (κ1) is 18.0. The number of esters is 1. The largest absolute Gasteiger partial charge is 0.460 e. The van der Waals surface area contributed by atoms with Crippen molar-refractivity contribution in [2.75, 3.05) is 0 Å². The summed E-state index contributed by atoms with van der Waals surface area (Å²) in [5.41, 5.74) is 4.28. The number of hydrogen-bond donors (Lipinski definition) is 0. The van der Waals surface area contributed by atoms with Gasteiger partial charge < -0.3 is 9.26 Å². The minimum absolute atomic E-state index is 0.00177. The van der Waals surface area contributed by atoms with Gasteiger partial charge in [-0.1, -0.05) is 35.0 Å². The molecule has 4 aliphatic rings. The number of aromatic nitrogens is 1. The lowest BCUT2D eigenvalue weighted by molar-refractivity contribution is -0.175. The van der Waals surface area contributed by atoms with Gasteiger partial charge in [-0.3, -0.25) is 4.79 Å².